The van der Waals surface area contributed by atoms with Crippen LogP contribution in [0, 0.1) is 0 Å². The molecule has 1 fully saturated rings. The molecule has 0 aliphatic carbocycles. The van der Waals surface area contributed by atoms with Crippen LogP contribution < -0.4 is 0 Å². The maximum Gasteiger partial charge on any atom is 0.253 e. The third kappa shape index (κ3) is 5.56. The molecule has 6 nitrogen and oxygen atoms in total. The summed E-state index contributed by atoms with van der Waals surface area (Å²) in [6.45, 7) is 1.35. The molecule has 1 aliphatic heterocycles. The van der Waals surface area contributed by atoms with E-state index in [0.717, 1.165) is 5.56 Å². The Morgan fingerprint density at radius 1 is 1.17 bits per heavy atom. The fraction of sp³-hybridized carbons (Fsp3) is 0.409. The number of carbonyl (C=O) groups is 1. The van der Waals surface area contributed by atoms with Gasteiger partial charge in [-0.1, -0.05) is 41.9 Å². The molecule has 29 heavy (non-hydrogen) atoms. The van der Waals surface area contributed by atoms with Crippen molar-refractivity contribution >= 4 is 17.5 Å². The van der Waals surface area contributed by atoms with E-state index < -0.39 is 11.7 Å². The number of aliphatic hydroxyl groups excluding tert-OH is 2. The Balaban J connectivity index is 1.72. The number of rotatable bonds is 7. The second kappa shape index (κ2) is 9.69. The summed E-state index contributed by atoms with van der Waals surface area (Å²) in [5.41, 5.74) is 0.0539. The van der Waals surface area contributed by atoms with Crippen LogP contribution in [0.2, 0.25) is 5.02 Å². The quantitative estimate of drug-likeness (QED) is 0.638. The minimum Gasteiger partial charge on any atom is -0.395 e. The Morgan fingerprint density at radius 2 is 1.86 bits per heavy atom. The lowest BCUT2D eigenvalue weighted by Gasteiger charge is -2.45. The lowest BCUT2D eigenvalue weighted by molar-refractivity contribution is -0.128. The van der Waals surface area contributed by atoms with Crippen molar-refractivity contribution < 1.29 is 20.1 Å². The zero-order valence-corrected chi connectivity index (χ0v) is 17.0. The highest BCUT2D eigenvalue weighted by atomic mass is 35.5. The van der Waals surface area contributed by atoms with E-state index >= 15 is 0 Å². The summed E-state index contributed by atoms with van der Waals surface area (Å²) < 4.78 is 0. The number of amides is 1. The SMILES string of the molecule is O=C(c1ccc(Cl)cc1)N1CC[C@H](O)[C@@](O)(CN(CCO)Cc2ccccc2)C1. The molecule has 0 radical (unpaired) electrons. The van der Waals surface area contributed by atoms with Crippen LogP contribution in [-0.2, 0) is 6.54 Å². The molecule has 1 amide bonds. The molecule has 0 bridgehead atoms. The second-order valence-electron chi connectivity index (χ2n) is 7.56. The number of carbonyl (C=O) groups excluding carboxylic acids is 1. The van der Waals surface area contributed by atoms with E-state index in [-0.39, 0.29) is 32.0 Å². The lowest BCUT2D eigenvalue weighted by Crippen LogP contribution is -2.62. The first-order chi connectivity index (χ1) is 13.9. The fourth-order valence-corrected chi connectivity index (χ4v) is 3.88. The number of hydrogen-bond donors (Lipinski definition) is 3. The van der Waals surface area contributed by atoms with E-state index in [2.05, 4.69) is 0 Å². The zero-order chi connectivity index (χ0) is 20.9. The van der Waals surface area contributed by atoms with Gasteiger partial charge in [-0.2, -0.15) is 0 Å². The Bertz CT molecular complexity index is 802. The lowest BCUT2D eigenvalue weighted by atomic mass is 9.88. The van der Waals surface area contributed by atoms with Gasteiger partial charge in [0.25, 0.3) is 5.91 Å². The normalized spacial score (nSPS) is 22.1. The molecule has 2 aromatic rings. The number of benzene rings is 2. The first-order valence-electron chi connectivity index (χ1n) is 9.74. The van der Waals surface area contributed by atoms with Gasteiger partial charge in [-0.3, -0.25) is 9.69 Å². The van der Waals surface area contributed by atoms with Gasteiger partial charge in [-0.15, -0.1) is 0 Å². The van der Waals surface area contributed by atoms with Crippen LogP contribution in [0.3, 0.4) is 0 Å². The van der Waals surface area contributed by atoms with Gasteiger partial charge in [0.15, 0.2) is 0 Å². The van der Waals surface area contributed by atoms with E-state index in [4.69, 9.17) is 11.6 Å². The third-order valence-electron chi connectivity index (χ3n) is 5.30. The molecule has 0 saturated carbocycles. The highest BCUT2D eigenvalue weighted by molar-refractivity contribution is 6.30. The van der Waals surface area contributed by atoms with Crippen molar-refractivity contribution in [2.24, 2.45) is 0 Å². The van der Waals surface area contributed by atoms with E-state index in [9.17, 15) is 20.1 Å². The molecule has 2 aromatic carbocycles. The number of hydrogen-bond acceptors (Lipinski definition) is 5. The molecule has 0 spiro atoms. The van der Waals surface area contributed by atoms with Crippen molar-refractivity contribution in [2.45, 2.75) is 24.7 Å². The van der Waals surface area contributed by atoms with Gasteiger partial charge in [0.05, 0.1) is 19.3 Å². The first kappa shape index (κ1) is 21.7. The van der Waals surface area contributed by atoms with Crippen LogP contribution in [0.1, 0.15) is 22.3 Å². The number of likely N-dealkylation sites (tertiary alicyclic amines) is 1. The van der Waals surface area contributed by atoms with Crippen molar-refractivity contribution in [3.8, 4) is 0 Å². The third-order valence-corrected chi connectivity index (χ3v) is 5.55. The second-order valence-corrected chi connectivity index (χ2v) is 8.00. The van der Waals surface area contributed by atoms with Gasteiger partial charge >= 0.3 is 0 Å². The number of nitrogens with zero attached hydrogens (tertiary/aromatic N) is 2. The number of aliphatic hydroxyl groups is 3. The molecule has 2 atom stereocenters. The molecular weight excluding hydrogens is 392 g/mol. The molecule has 1 heterocycles. The summed E-state index contributed by atoms with van der Waals surface area (Å²) in [5.74, 6) is -0.205. The molecule has 1 aliphatic rings. The maximum atomic E-state index is 12.8. The highest BCUT2D eigenvalue weighted by Crippen LogP contribution is 2.25. The van der Waals surface area contributed by atoms with Crippen molar-refractivity contribution in [3.63, 3.8) is 0 Å². The topological polar surface area (TPSA) is 84.2 Å². The number of β-amino-alcohol motifs (C(OH)–C–C–N with tert-alkyl or cyclic N) is 1. The molecule has 0 unspecified atom stereocenters. The average molecular weight is 419 g/mol. The summed E-state index contributed by atoms with van der Waals surface area (Å²) in [6.07, 6.45) is -0.664. The fourth-order valence-electron chi connectivity index (χ4n) is 3.75. The summed E-state index contributed by atoms with van der Waals surface area (Å²) >= 11 is 5.90. The summed E-state index contributed by atoms with van der Waals surface area (Å²) in [5, 5.41) is 31.8. The highest BCUT2D eigenvalue weighted by Gasteiger charge is 2.43. The smallest absolute Gasteiger partial charge is 0.253 e. The summed E-state index contributed by atoms with van der Waals surface area (Å²) in [4.78, 5) is 16.3. The van der Waals surface area contributed by atoms with E-state index in [1.54, 1.807) is 29.2 Å². The number of piperidine rings is 1. The van der Waals surface area contributed by atoms with E-state index in [0.29, 0.717) is 30.2 Å². The Kier molecular flexibility index (Phi) is 7.27. The van der Waals surface area contributed by atoms with Crippen LogP contribution in [-0.4, -0.2) is 75.5 Å². The largest absolute Gasteiger partial charge is 0.395 e. The van der Waals surface area contributed by atoms with Gasteiger partial charge in [0, 0.05) is 36.8 Å². The predicted octanol–water partition coefficient (Wildman–Crippen LogP) is 1.77. The van der Waals surface area contributed by atoms with Gasteiger partial charge in [-0.05, 0) is 36.2 Å². The van der Waals surface area contributed by atoms with Crippen LogP contribution in [0.25, 0.3) is 0 Å². The Morgan fingerprint density at radius 3 is 2.52 bits per heavy atom. The Hall–Kier alpha value is -1.96. The van der Waals surface area contributed by atoms with Crippen LogP contribution in [0.15, 0.2) is 54.6 Å². The summed E-state index contributed by atoms with van der Waals surface area (Å²) in [7, 11) is 0. The monoisotopic (exact) mass is 418 g/mol. The first-order valence-corrected chi connectivity index (χ1v) is 10.1. The van der Waals surface area contributed by atoms with Gasteiger partial charge in [-0.25, -0.2) is 0 Å². The van der Waals surface area contributed by atoms with E-state index in [1.165, 1.54) is 0 Å². The van der Waals surface area contributed by atoms with Crippen molar-refractivity contribution in [3.05, 3.63) is 70.7 Å². The van der Waals surface area contributed by atoms with E-state index in [1.807, 2.05) is 35.2 Å². The van der Waals surface area contributed by atoms with Gasteiger partial charge < -0.3 is 20.2 Å². The molecule has 1 saturated heterocycles. The predicted molar refractivity (Wildman–Crippen MR) is 112 cm³/mol. The van der Waals surface area contributed by atoms with Crippen LogP contribution in [0.4, 0.5) is 0 Å². The molecule has 156 valence electrons. The molecule has 3 rings (SSSR count). The molecule has 3 N–H and O–H groups in total. The van der Waals surface area contributed by atoms with Crippen LogP contribution in [0.5, 0.6) is 0 Å². The molecule has 0 aromatic heterocycles. The zero-order valence-electron chi connectivity index (χ0n) is 16.2. The van der Waals surface area contributed by atoms with Crippen molar-refractivity contribution in [2.75, 3.05) is 32.8 Å². The van der Waals surface area contributed by atoms with Crippen molar-refractivity contribution in [1.29, 1.82) is 0 Å². The Labute approximate surface area is 175 Å². The van der Waals surface area contributed by atoms with Crippen LogP contribution >= 0.6 is 11.6 Å². The molecule has 7 heteroatoms. The van der Waals surface area contributed by atoms with Gasteiger partial charge in [0.1, 0.15) is 5.60 Å². The molecular formula is C22H27ClN2O4. The van der Waals surface area contributed by atoms with Gasteiger partial charge in [0.2, 0.25) is 0 Å². The average Bonchev–Trinajstić information content (AvgIpc) is 2.71. The standard InChI is InChI=1S/C22H27ClN2O4/c23-19-8-6-18(7-9-19)21(28)25-11-10-20(27)22(29,16-25)15-24(12-13-26)14-17-4-2-1-3-5-17/h1-9,20,26-27,29H,10-16H2/t20-,22+/m0/s1. The minimum absolute atomic E-state index is 0.0202. The minimum atomic E-state index is -1.48. The number of halogens is 1. The summed E-state index contributed by atoms with van der Waals surface area (Å²) in [6, 6.07) is 16.4. The maximum absolute atomic E-state index is 12.8. The van der Waals surface area contributed by atoms with Crippen molar-refractivity contribution in [1.82, 2.24) is 9.80 Å².